The van der Waals surface area contributed by atoms with E-state index in [4.69, 9.17) is 10.2 Å². The van der Waals surface area contributed by atoms with E-state index in [2.05, 4.69) is 30.8 Å². The summed E-state index contributed by atoms with van der Waals surface area (Å²) in [6, 6.07) is 0.00674. The quantitative estimate of drug-likeness (QED) is 0.899. The van der Waals surface area contributed by atoms with Crippen LogP contribution in [0, 0.1) is 5.92 Å². The smallest absolute Gasteiger partial charge is 0.275 e. The molecule has 0 spiro atoms. The van der Waals surface area contributed by atoms with Gasteiger partial charge in [-0.25, -0.2) is 4.98 Å². The van der Waals surface area contributed by atoms with Gasteiger partial charge in [0.2, 0.25) is 5.89 Å². The van der Waals surface area contributed by atoms with Crippen LogP contribution in [0.3, 0.4) is 0 Å². The van der Waals surface area contributed by atoms with Crippen molar-refractivity contribution in [2.75, 3.05) is 27.2 Å². The van der Waals surface area contributed by atoms with E-state index in [0.29, 0.717) is 11.6 Å². The third-order valence-electron chi connectivity index (χ3n) is 4.84. The second kappa shape index (κ2) is 7.24. The summed E-state index contributed by atoms with van der Waals surface area (Å²) in [6.07, 6.45) is 4.37. The van der Waals surface area contributed by atoms with E-state index in [-0.39, 0.29) is 23.9 Å². The second-order valence-corrected chi connectivity index (χ2v) is 6.43. The molecule has 2 rings (SSSR count). The molecular formula is C16H28N4O2. The van der Waals surface area contributed by atoms with Crippen molar-refractivity contribution >= 4 is 5.91 Å². The molecule has 0 aromatic carbocycles. The summed E-state index contributed by atoms with van der Waals surface area (Å²) in [5.74, 6) is 0.642. The van der Waals surface area contributed by atoms with E-state index in [1.54, 1.807) is 4.90 Å². The molecule has 2 heterocycles. The predicted molar refractivity (Wildman–Crippen MR) is 85.5 cm³/mol. The number of carbonyl (C=O) groups is 1. The summed E-state index contributed by atoms with van der Waals surface area (Å²) in [6.45, 7) is 6.17. The minimum atomic E-state index is -0.264. The SMILES string of the molecule is CCC(C)C(N)c1nc(C(=O)N(C)C2CCN(C)CC2)co1. The molecule has 1 fully saturated rings. The molecular weight excluding hydrogens is 280 g/mol. The Morgan fingerprint density at radius 2 is 2.18 bits per heavy atom. The van der Waals surface area contributed by atoms with Gasteiger partial charge in [0.15, 0.2) is 5.69 Å². The maximum Gasteiger partial charge on any atom is 0.275 e. The molecule has 1 aliphatic rings. The lowest BCUT2D eigenvalue weighted by Gasteiger charge is -2.34. The number of piperidine rings is 1. The molecule has 0 aliphatic carbocycles. The number of nitrogens with zero attached hydrogens (tertiary/aromatic N) is 3. The highest BCUT2D eigenvalue weighted by atomic mass is 16.3. The number of likely N-dealkylation sites (tertiary alicyclic amines) is 1. The van der Waals surface area contributed by atoms with Crippen molar-refractivity contribution in [1.82, 2.24) is 14.8 Å². The van der Waals surface area contributed by atoms with Gasteiger partial charge >= 0.3 is 0 Å². The average molecular weight is 308 g/mol. The summed E-state index contributed by atoms with van der Waals surface area (Å²) >= 11 is 0. The van der Waals surface area contributed by atoms with Crippen molar-refractivity contribution in [2.24, 2.45) is 11.7 Å². The Balaban J connectivity index is 2.02. The zero-order valence-electron chi connectivity index (χ0n) is 14.1. The van der Waals surface area contributed by atoms with Gasteiger partial charge in [-0.3, -0.25) is 4.79 Å². The Bertz CT molecular complexity index is 494. The van der Waals surface area contributed by atoms with Crippen molar-refractivity contribution in [2.45, 2.75) is 45.2 Å². The third kappa shape index (κ3) is 3.67. The molecule has 6 nitrogen and oxygen atoms in total. The molecule has 6 heteroatoms. The molecule has 1 amide bonds. The van der Waals surface area contributed by atoms with E-state index in [0.717, 1.165) is 32.4 Å². The number of oxazole rings is 1. The standard InChI is InChI=1S/C16H28N4O2/c1-5-11(2)14(17)15-18-13(10-22-15)16(21)20(4)12-6-8-19(3)9-7-12/h10-12,14H,5-9,17H2,1-4H3. The minimum Gasteiger partial charge on any atom is -0.446 e. The number of hydrogen-bond acceptors (Lipinski definition) is 5. The molecule has 2 atom stereocenters. The highest BCUT2D eigenvalue weighted by molar-refractivity contribution is 5.92. The van der Waals surface area contributed by atoms with Crippen LogP contribution in [0.25, 0.3) is 0 Å². The minimum absolute atomic E-state index is 0.0825. The van der Waals surface area contributed by atoms with Gasteiger partial charge < -0.3 is 20.0 Å². The van der Waals surface area contributed by atoms with Gasteiger partial charge in [0.1, 0.15) is 6.26 Å². The van der Waals surface area contributed by atoms with Gasteiger partial charge in [0, 0.05) is 13.1 Å². The monoisotopic (exact) mass is 308 g/mol. The highest BCUT2D eigenvalue weighted by Crippen LogP contribution is 2.22. The zero-order valence-corrected chi connectivity index (χ0v) is 14.1. The molecule has 0 saturated carbocycles. The Morgan fingerprint density at radius 3 is 2.77 bits per heavy atom. The molecule has 1 aliphatic heterocycles. The summed E-state index contributed by atoms with van der Waals surface area (Å²) < 4.78 is 5.43. The zero-order chi connectivity index (χ0) is 16.3. The second-order valence-electron chi connectivity index (χ2n) is 6.43. The lowest BCUT2D eigenvalue weighted by atomic mass is 10.0. The van der Waals surface area contributed by atoms with E-state index in [1.807, 2.05) is 7.05 Å². The molecule has 1 saturated heterocycles. The van der Waals surface area contributed by atoms with E-state index < -0.39 is 0 Å². The Morgan fingerprint density at radius 1 is 1.55 bits per heavy atom. The summed E-state index contributed by atoms with van der Waals surface area (Å²) in [4.78, 5) is 20.9. The Labute approximate surface area is 132 Å². The normalized spacial score (nSPS) is 19.9. The van der Waals surface area contributed by atoms with Crippen LogP contribution in [0.5, 0.6) is 0 Å². The van der Waals surface area contributed by atoms with E-state index in [9.17, 15) is 4.79 Å². The van der Waals surface area contributed by atoms with Gasteiger partial charge in [0.05, 0.1) is 6.04 Å². The van der Waals surface area contributed by atoms with Gasteiger partial charge in [-0.05, 0) is 38.9 Å². The average Bonchev–Trinajstić information content (AvgIpc) is 3.02. The van der Waals surface area contributed by atoms with Crippen LogP contribution >= 0.6 is 0 Å². The topological polar surface area (TPSA) is 75.6 Å². The number of aromatic nitrogens is 1. The first-order valence-corrected chi connectivity index (χ1v) is 8.10. The van der Waals surface area contributed by atoms with Gasteiger partial charge in [-0.2, -0.15) is 0 Å². The Kier molecular flexibility index (Phi) is 5.58. The van der Waals surface area contributed by atoms with Gasteiger partial charge in [0.25, 0.3) is 5.91 Å². The molecule has 1 aromatic heterocycles. The lowest BCUT2D eigenvalue weighted by molar-refractivity contribution is 0.0653. The van der Waals surface area contributed by atoms with Crippen LogP contribution < -0.4 is 5.73 Å². The molecule has 0 bridgehead atoms. The van der Waals surface area contributed by atoms with Gasteiger partial charge in [-0.15, -0.1) is 0 Å². The van der Waals surface area contributed by atoms with Crippen molar-refractivity contribution in [1.29, 1.82) is 0 Å². The van der Waals surface area contributed by atoms with Crippen molar-refractivity contribution < 1.29 is 9.21 Å². The fourth-order valence-electron chi connectivity index (χ4n) is 2.77. The summed E-state index contributed by atoms with van der Waals surface area (Å²) in [5.41, 5.74) is 6.47. The fourth-order valence-corrected chi connectivity index (χ4v) is 2.77. The largest absolute Gasteiger partial charge is 0.446 e. The first-order chi connectivity index (χ1) is 10.4. The molecule has 2 unspecified atom stereocenters. The maximum absolute atomic E-state index is 12.5. The third-order valence-corrected chi connectivity index (χ3v) is 4.84. The first kappa shape index (κ1) is 17.0. The number of amides is 1. The number of rotatable bonds is 5. The van der Waals surface area contributed by atoms with E-state index >= 15 is 0 Å². The first-order valence-electron chi connectivity index (χ1n) is 8.10. The van der Waals surface area contributed by atoms with Crippen LogP contribution in [0.4, 0.5) is 0 Å². The predicted octanol–water partition coefficient (Wildman–Crippen LogP) is 1.89. The molecule has 124 valence electrons. The van der Waals surface area contributed by atoms with Crippen LogP contribution in [-0.2, 0) is 0 Å². The lowest BCUT2D eigenvalue weighted by Crippen LogP contribution is -2.44. The Hall–Kier alpha value is -1.40. The van der Waals surface area contributed by atoms with Crippen LogP contribution in [-0.4, -0.2) is 53.9 Å². The summed E-state index contributed by atoms with van der Waals surface area (Å²) in [7, 11) is 3.96. The van der Waals surface area contributed by atoms with Crippen LogP contribution in [0.2, 0.25) is 0 Å². The number of hydrogen-bond donors (Lipinski definition) is 1. The van der Waals surface area contributed by atoms with Crippen LogP contribution in [0.1, 0.15) is 55.5 Å². The highest BCUT2D eigenvalue weighted by Gasteiger charge is 2.27. The maximum atomic E-state index is 12.5. The number of carbonyl (C=O) groups excluding carboxylic acids is 1. The molecule has 1 aromatic rings. The van der Waals surface area contributed by atoms with Crippen molar-refractivity contribution in [3.8, 4) is 0 Å². The van der Waals surface area contributed by atoms with Crippen LogP contribution in [0.15, 0.2) is 10.7 Å². The van der Waals surface area contributed by atoms with Gasteiger partial charge in [-0.1, -0.05) is 20.3 Å². The molecule has 22 heavy (non-hydrogen) atoms. The fraction of sp³-hybridized carbons (Fsp3) is 0.750. The molecule has 2 N–H and O–H groups in total. The summed E-state index contributed by atoms with van der Waals surface area (Å²) in [5, 5.41) is 0. The van der Waals surface area contributed by atoms with E-state index in [1.165, 1.54) is 6.26 Å². The van der Waals surface area contributed by atoms with Crippen molar-refractivity contribution in [3.63, 3.8) is 0 Å². The van der Waals surface area contributed by atoms with Crippen molar-refractivity contribution in [3.05, 3.63) is 17.8 Å². The molecule has 0 radical (unpaired) electrons. The number of nitrogens with two attached hydrogens (primary N) is 1.